The van der Waals surface area contributed by atoms with Crippen LogP contribution in [0, 0.1) is 0 Å². The highest BCUT2D eigenvalue weighted by Crippen LogP contribution is 2.26. The normalized spacial score (nSPS) is 13.4. The van der Waals surface area contributed by atoms with Gasteiger partial charge < -0.3 is 28.4 Å². The lowest BCUT2D eigenvalue weighted by Gasteiger charge is -2.32. The first-order chi connectivity index (χ1) is 14.6. The fourth-order valence-electron chi connectivity index (χ4n) is 3.13. The fourth-order valence-corrected chi connectivity index (χ4v) is 10.1. The first-order valence-corrected chi connectivity index (χ1v) is 17.6. The van der Waals surface area contributed by atoms with E-state index in [2.05, 4.69) is 0 Å². The maximum atomic E-state index is 5.84. The smallest absolute Gasteiger partial charge is 0.249 e. The third kappa shape index (κ3) is 14.1. The lowest BCUT2D eigenvalue weighted by Crippen LogP contribution is -2.45. The van der Waals surface area contributed by atoms with E-state index >= 15 is 0 Å². The van der Waals surface area contributed by atoms with Crippen LogP contribution in [-0.4, -0.2) is 81.4 Å². The Hall–Kier alpha value is 0.894. The van der Waals surface area contributed by atoms with Crippen molar-refractivity contribution in [3.63, 3.8) is 0 Å². The quantitative estimate of drug-likeness (QED) is 0.0906. The Labute approximate surface area is 197 Å². The summed E-state index contributed by atoms with van der Waals surface area (Å²) in [6.07, 6.45) is 2.38. The molecule has 0 aromatic heterocycles. The van der Waals surface area contributed by atoms with Crippen molar-refractivity contribution < 1.29 is 28.4 Å². The molecule has 0 rings (SSSR count). The largest absolute Gasteiger partial charge is 0.332 e. The highest BCUT2D eigenvalue weighted by atomic mass is 33.1. The second kappa shape index (κ2) is 20.5. The summed E-state index contributed by atoms with van der Waals surface area (Å²) in [6, 6.07) is 2.33. The molecule has 0 aliphatic heterocycles. The van der Waals surface area contributed by atoms with Crippen LogP contribution >= 0.6 is 21.6 Å². The highest BCUT2D eigenvalue weighted by molar-refractivity contribution is 8.76. The Kier molecular flexibility index (Phi) is 21.1. The Morgan fingerprint density at radius 3 is 1.00 bits per heavy atom. The Bertz CT molecular complexity index is 315. The zero-order valence-corrected chi connectivity index (χ0v) is 24.6. The van der Waals surface area contributed by atoms with E-state index in [0.717, 1.165) is 11.5 Å². The van der Waals surface area contributed by atoms with Gasteiger partial charge in [-0.2, -0.15) is 0 Å². The van der Waals surface area contributed by atoms with Crippen LogP contribution in [0.1, 0.15) is 54.4 Å². The average Bonchev–Trinajstić information content (AvgIpc) is 2.70. The van der Waals surface area contributed by atoms with Crippen LogP contribution in [0.25, 0.3) is 0 Å². The van der Waals surface area contributed by atoms with Crippen molar-refractivity contribution >= 4 is 40.6 Å². The predicted molar refractivity (Wildman–Crippen MR) is 136 cm³/mol. The van der Waals surface area contributed by atoms with E-state index in [1.54, 1.807) is 0 Å². The van der Waals surface area contributed by atoms with E-state index < -0.39 is 30.2 Å². The van der Waals surface area contributed by atoms with Crippen LogP contribution in [-0.2, 0) is 28.4 Å². The summed E-state index contributed by atoms with van der Waals surface area (Å²) >= 11 is 0. The molecule has 0 aliphatic carbocycles. The second-order valence-corrected chi connectivity index (χ2v) is 13.4. The van der Waals surface area contributed by atoms with Gasteiger partial charge in [-0.3, -0.25) is 0 Å². The minimum absolute atomic E-state index is 0.619. The molecule has 0 radical (unpaired) electrons. The lowest BCUT2D eigenvalue weighted by molar-refractivity contribution is -0.323. The van der Waals surface area contributed by atoms with Gasteiger partial charge in [0.25, 0.3) is 0 Å². The van der Waals surface area contributed by atoms with Gasteiger partial charge in [0, 0.05) is 51.1 Å². The molecule has 6 nitrogen and oxygen atoms in total. The monoisotopic (exact) mass is 502 g/mol. The van der Waals surface area contributed by atoms with Crippen molar-refractivity contribution in [1.82, 2.24) is 0 Å². The van der Waals surface area contributed by atoms with Gasteiger partial charge in [0.15, 0.2) is 0 Å². The number of hydrogen-bond donors (Lipinski definition) is 0. The average molecular weight is 503 g/mol. The van der Waals surface area contributed by atoms with Crippen molar-refractivity contribution in [3.8, 4) is 0 Å². The molecule has 0 fully saturated rings. The van der Waals surface area contributed by atoms with Crippen molar-refractivity contribution in [2.45, 2.75) is 77.7 Å². The van der Waals surface area contributed by atoms with E-state index in [9.17, 15) is 0 Å². The Morgan fingerprint density at radius 1 is 0.500 bits per heavy atom. The maximum absolute atomic E-state index is 5.84. The Balaban J connectivity index is 3.97. The summed E-state index contributed by atoms with van der Waals surface area (Å²) in [5.74, 6) is 2.33. The summed E-state index contributed by atoms with van der Waals surface area (Å²) in [4.78, 5) is 0. The summed E-state index contributed by atoms with van der Waals surface area (Å²) in [5.41, 5.74) is -1.45. The fraction of sp³-hybridized carbons (Fsp3) is 1.00. The highest BCUT2D eigenvalue weighted by Gasteiger charge is 2.32. The SMILES string of the molecule is CCOC(OCC)(OCC)[SiH2]CCCSSCCC[SiH2]C(OCC)(OCC)OCC. The summed E-state index contributed by atoms with van der Waals surface area (Å²) in [7, 11) is 2.70. The molecule has 0 bridgehead atoms. The molecular weight excluding hydrogens is 457 g/mol. The molecule has 0 saturated heterocycles. The van der Waals surface area contributed by atoms with Crippen molar-refractivity contribution in [3.05, 3.63) is 0 Å². The summed E-state index contributed by atoms with van der Waals surface area (Å²) in [5, 5.41) is 0. The number of ether oxygens (including phenoxy) is 6. The third-order valence-electron chi connectivity index (χ3n) is 4.19. The lowest BCUT2D eigenvalue weighted by atomic mass is 10.6. The van der Waals surface area contributed by atoms with Crippen LogP contribution < -0.4 is 0 Å². The van der Waals surface area contributed by atoms with Gasteiger partial charge in [-0.15, -0.1) is 0 Å². The van der Waals surface area contributed by atoms with Gasteiger partial charge in [0.05, 0.1) is 0 Å². The Morgan fingerprint density at radius 2 is 0.767 bits per heavy atom. The first-order valence-electron chi connectivity index (χ1n) is 11.7. The molecule has 0 N–H and O–H groups in total. The van der Waals surface area contributed by atoms with Gasteiger partial charge in [0.1, 0.15) is 19.0 Å². The van der Waals surface area contributed by atoms with E-state index in [0.29, 0.717) is 39.6 Å². The van der Waals surface area contributed by atoms with Gasteiger partial charge in [-0.05, 0) is 54.4 Å². The minimum atomic E-state index is -0.727. The first kappa shape index (κ1) is 30.9. The van der Waals surface area contributed by atoms with Gasteiger partial charge in [-0.25, -0.2) is 0 Å². The van der Waals surface area contributed by atoms with Crippen LogP contribution in [0.3, 0.4) is 0 Å². The van der Waals surface area contributed by atoms with Gasteiger partial charge >= 0.3 is 0 Å². The molecular formula is C20H46O6S2Si2. The van der Waals surface area contributed by atoms with E-state index in [-0.39, 0.29) is 0 Å². The van der Waals surface area contributed by atoms with E-state index in [4.69, 9.17) is 28.4 Å². The molecule has 0 unspecified atom stereocenters. The summed E-state index contributed by atoms with van der Waals surface area (Å²) < 4.78 is 35.0. The van der Waals surface area contributed by atoms with Crippen LogP contribution in [0.4, 0.5) is 0 Å². The predicted octanol–water partition coefficient (Wildman–Crippen LogP) is 3.76. The van der Waals surface area contributed by atoms with Crippen LogP contribution in [0.5, 0.6) is 0 Å². The third-order valence-corrected chi connectivity index (χ3v) is 10.9. The molecule has 30 heavy (non-hydrogen) atoms. The molecule has 0 atom stereocenters. The molecule has 0 saturated carbocycles. The van der Waals surface area contributed by atoms with E-state index in [1.165, 1.54) is 24.9 Å². The number of rotatable bonds is 23. The molecule has 0 heterocycles. The summed E-state index contributed by atoms with van der Waals surface area (Å²) in [6.45, 7) is 15.7. The van der Waals surface area contributed by atoms with Crippen molar-refractivity contribution in [1.29, 1.82) is 0 Å². The van der Waals surface area contributed by atoms with E-state index in [1.807, 2.05) is 63.1 Å². The second-order valence-electron chi connectivity index (χ2n) is 6.52. The van der Waals surface area contributed by atoms with Crippen molar-refractivity contribution in [2.24, 2.45) is 0 Å². The van der Waals surface area contributed by atoms with Crippen LogP contribution in [0.2, 0.25) is 12.1 Å². The molecule has 0 aromatic carbocycles. The topological polar surface area (TPSA) is 55.4 Å². The molecule has 0 aliphatic rings. The zero-order chi connectivity index (χ0) is 22.6. The zero-order valence-electron chi connectivity index (χ0n) is 20.2. The minimum Gasteiger partial charge on any atom is -0.332 e. The molecule has 10 heteroatoms. The molecule has 182 valence electrons. The van der Waals surface area contributed by atoms with Crippen LogP contribution in [0.15, 0.2) is 0 Å². The molecule has 0 amide bonds. The van der Waals surface area contributed by atoms with Crippen molar-refractivity contribution in [2.75, 3.05) is 51.1 Å². The standard InChI is InChI=1S/C20H46O6S2Si2/c1-7-21-19(22-8-2,23-9-3)29-17-13-15-27-28-16-14-18-30-20(24-10-4,25-11-5)26-12-6/h7-18,29-30H2,1-6H3. The molecule has 0 aromatic rings. The van der Waals surface area contributed by atoms with Gasteiger partial charge in [0.2, 0.25) is 11.2 Å². The van der Waals surface area contributed by atoms with Gasteiger partial charge in [-0.1, -0.05) is 33.7 Å². The number of hydrogen-bond acceptors (Lipinski definition) is 8. The molecule has 0 spiro atoms. The maximum Gasteiger partial charge on any atom is 0.249 e.